The summed E-state index contributed by atoms with van der Waals surface area (Å²) in [6, 6.07) is 20.9. The molecule has 1 heterocycles. The van der Waals surface area contributed by atoms with Gasteiger partial charge in [0.05, 0.1) is 13.0 Å². The molecule has 1 amide bonds. The molecule has 4 heteroatoms. The Hall–Kier alpha value is -2.33. The maximum atomic E-state index is 12.6. The topological polar surface area (TPSA) is 32.8 Å². The van der Waals surface area contributed by atoms with Gasteiger partial charge < -0.3 is 9.64 Å². The number of benzene rings is 2. The van der Waals surface area contributed by atoms with Crippen LogP contribution in [0.4, 0.5) is 0 Å². The number of amides is 1. The molecule has 1 saturated heterocycles. The van der Waals surface area contributed by atoms with Crippen molar-refractivity contribution >= 4 is 5.91 Å². The number of nitrogens with zero attached hydrogens (tertiary/aromatic N) is 2. The first-order chi connectivity index (χ1) is 12.6. The van der Waals surface area contributed by atoms with Crippen LogP contribution in [-0.2, 0) is 11.3 Å². The molecule has 4 nitrogen and oxygen atoms in total. The van der Waals surface area contributed by atoms with Crippen LogP contribution in [0.3, 0.4) is 0 Å². The van der Waals surface area contributed by atoms with Crippen molar-refractivity contribution in [2.75, 3.05) is 19.7 Å². The molecule has 1 fully saturated rings. The summed E-state index contributed by atoms with van der Waals surface area (Å²) in [5, 5.41) is 0. The second-order valence-corrected chi connectivity index (χ2v) is 7.07. The number of piperazine rings is 1. The van der Waals surface area contributed by atoms with Crippen LogP contribution in [0.1, 0.15) is 25.8 Å². The van der Waals surface area contributed by atoms with Crippen molar-refractivity contribution in [1.82, 2.24) is 9.80 Å². The SMILES string of the molecule is CC1CN(C(=O)CCOc2ccccc2)CC(C)N1Cc1ccccc1. The van der Waals surface area contributed by atoms with Gasteiger partial charge in [-0.15, -0.1) is 0 Å². The van der Waals surface area contributed by atoms with E-state index in [-0.39, 0.29) is 5.91 Å². The first kappa shape index (κ1) is 18.5. The van der Waals surface area contributed by atoms with Gasteiger partial charge in [-0.3, -0.25) is 9.69 Å². The molecule has 0 radical (unpaired) electrons. The van der Waals surface area contributed by atoms with E-state index >= 15 is 0 Å². The molecule has 3 rings (SSSR count). The van der Waals surface area contributed by atoms with Crippen molar-refractivity contribution in [2.45, 2.75) is 38.9 Å². The van der Waals surface area contributed by atoms with Gasteiger partial charge in [0.25, 0.3) is 0 Å². The lowest BCUT2D eigenvalue weighted by Gasteiger charge is -2.44. The lowest BCUT2D eigenvalue weighted by atomic mass is 10.1. The highest BCUT2D eigenvalue weighted by Crippen LogP contribution is 2.19. The number of rotatable bonds is 6. The molecule has 2 aromatic carbocycles. The second kappa shape index (κ2) is 8.86. The summed E-state index contributed by atoms with van der Waals surface area (Å²) in [5.74, 6) is 0.994. The van der Waals surface area contributed by atoms with E-state index in [9.17, 15) is 4.79 Å². The Morgan fingerprint density at radius 1 is 0.962 bits per heavy atom. The molecule has 0 aromatic heterocycles. The van der Waals surface area contributed by atoms with Crippen LogP contribution in [0.2, 0.25) is 0 Å². The van der Waals surface area contributed by atoms with Crippen molar-refractivity contribution in [3.8, 4) is 5.75 Å². The van der Waals surface area contributed by atoms with Crippen LogP contribution < -0.4 is 4.74 Å². The Kier molecular flexibility index (Phi) is 6.29. The molecule has 26 heavy (non-hydrogen) atoms. The first-order valence-electron chi connectivity index (χ1n) is 9.39. The number of carbonyl (C=O) groups is 1. The Bertz CT molecular complexity index is 678. The lowest BCUT2D eigenvalue weighted by molar-refractivity contribution is -0.136. The minimum Gasteiger partial charge on any atom is -0.493 e. The third-order valence-electron chi connectivity index (χ3n) is 4.99. The maximum absolute atomic E-state index is 12.6. The number of carbonyl (C=O) groups excluding carboxylic acids is 1. The Labute approximate surface area is 156 Å². The summed E-state index contributed by atoms with van der Waals surface area (Å²) >= 11 is 0. The van der Waals surface area contributed by atoms with E-state index in [2.05, 4.69) is 43.0 Å². The first-order valence-corrected chi connectivity index (χ1v) is 9.39. The zero-order chi connectivity index (χ0) is 18.4. The van der Waals surface area contributed by atoms with Crippen LogP contribution in [0, 0.1) is 0 Å². The standard InChI is InChI=1S/C22H28N2O2/c1-18-15-23(22(25)13-14-26-21-11-7-4-8-12-21)16-19(2)24(18)17-20-9-5-3-6-10-20/h3-12,18-19H,13-17H2,1-2H3. The van der Waals surface area contributed by atoms with E-state index in [4.69, 9.17) is 4.74 Å². The van der Waals surface area contributed by atoms with Crippen LogP contribution in [0.25, 0.3) is 0 Å². The fourth-order valence-electron chi connectivity index (χ4n) is 3.60. The van der Waals surface area contributed by atoms with Gasteiger partial charge in [0, 0.05) is 31.7 Å². The van der Waals surface area contributed by atoms with Crippen molar-refractivity contribution in [2.24, 2.45) is 0 Å². The fraction of sp³-hybridized carbons (Fsp3) is 0.409. The molecule has 0 aliphatic carbocycles. The number of hydrogen-bond donors (Lipinski definition) is 0. The third kappa shape index (κ3) is 4.85. The van der Waals surface area contributed by atoms with Crippen molar-refractivity contribution in [3.63, 3.8) is 0 Å². The molecular weight excluding hydrogens is 324 g/mol. The second-order valence-electron chi connectivity index (χ2n) is 7.07. The Morgan fingerprint density at radius 3 is 2.15 bits per heavy atom. The van der Waals surface area contributed by atoms with Gasteiger partial charge in [0.15, 0.2) is 0 Å². The smallest absolute Gasteiger partial charge is 0.226 e. The van der Waals surface area contributed by atoms with E-state index in [1.54, 1.807) is 0 Å². The average Bonchev–Trinajstić information content (AvgIpc) is 2.66. The van der Waals surface area contributed by atoms with E-state index in [0.717, 1.165) is 25.4 Å². The van der Waals surface area contributed by atoms with Gasteiger partial charge in [-0.2, -0.15) is 0 Å². The molecule has 1 aliphatic rings. The van der Waals surface area contributed by atoms with Gasteiger partial charge in [0.1, 0.15) is 5.75 Å². The number of para-hydroxylation sites is 1. The molecule has 2 aromatic rings. The maximum Gasteiger partial charge on any atom is 0.226 e. The van der Waals surface area contributed by atoms with Crippen molar-refractivity contribution < 1.29 is 9.53 Å². The summed E-state index contributed by atoms with van der Waals surface area (Å²) < 4.78 is 5.66. The minimum absolute atomic E-state index is 0.180. The predicted octanol–water partition coefficient (Wildman–Crippen LogP) is 3.58. The molecule has 2 atom stereocenters. The largest absolute Gasteiger partial charge is 0.493 e. The molecule has 1 aliphatic heterocycles. The summed E-state index contributed by atoms with van der Waals surface area (Å²) in [4.78, 5) is 17.0. The Morgan fingerprint density at radius 2 is 1.54 bits per heavy atom. The normalized spacial score (nSPS) is 20.8. The van der Waals surface area contributed by atoms with Crippen LogP contribution >= 0.6 is 0 Å². The zero-order valence-corrected chi connectivity index (χ0v) is 15.7. The van der Waals surface area contributed by atoms with Crippen molar-refractivity contribution in [1.29, 1.82) is 0 Å². The van der Waals surface area contributed by atoms with Crippen molar-refractivity contribution in [3.05, 3.63) is 66.2 Å². The van der Waals surface area contributed by atoms with E-state index in [1.807, 2.05) is 41.3 Å². The van der Waals surface area contributed by atoms with Gasteiger partial charge in [-0.25, -0.2) is 0 Å². The van der Waals surface area contributed by atoms with Gasteiger partial charge >= 0.3 is 0 Å². The van der Waals surface area contributed by atoms with Crippen LogP contribution in [0.15, 0.2) is 60.7 Å². The minimum atomic E-state index is 0.180. The zero-order valence-electron chi connectivity index (χ0n) is 15.7. The van der Waals surface area contributed by atoms with Gasteiger partial charge in [-0.05, 0) is 31.5 Å². The third-order valence-corrected chi connectivity index (χ3v) is 4.99. The molecule has 0 spiro atoms. The molecule has 2 unspecified atom stereocenters. The molecule has 0 N–H and O–H groups in total. The molecule has 0 saturated carbocycles. The highest BCUT2D eigenvalue weighted by Gasteiger charge is 2.31. The summed E-state index contributed by atoms with van der Waals surface area (Å²) in [6.45, 7) is 7.33. The monoisotopic (exact) mass is 352 g/mol. The highest BCUT2D eigenvalue weighted by atomic mass is 16.5. The van der Waals surface area contributed by atoms with Gasteiger partial charge in [0.2, 0.25) is 5.91 Å². The predicted molar refractivity (Wildman–Crippen MR) is 104 cm³/mol. The van der Waals surface area contributed by atoms with E-state index < -0.39 is 0 Å². The van der Waals surface area contributed by atoms with Crippen LogP contribution in [-0.4, -0.2) is 47.5 Å². The summed E-state index contributed by atoms with van der Waals surface area (Å²) in [6.07, 6.45) is 0.424. The Balaban J connectivity index is 1.49. The van der Waals surface area contributed by atoms with Gasteiger partial charge in [-0.1, -0.05) is 48.5 Å². The average molecular weight is 352 g/mol. The molecule has 138 valence electrons. The quantitative estimate of drug-likeness (QED) is 0.797. The fourth-order valence-corrected chi connectivity index (χ4v) is 3.60. The number of hydrogen-bond acceptors (Lipinski definition) is 3. The lowest BCUT2D eigenvalue weighted by Crippen LogP contribution is -2.57. The molecular formula is C22H28N2O2. The summed E-state index contributed by atoms with van der Waals surface area (Å²) in [5.41, 5.74) is 1.32. The summed E-state index contributed by atoms with van der Waals surface area (Å²) in [7, 11) is 0. The van der Waals surface area contributed by atoms with E-state index in [1.165, 1.54) is 5.56 Å². The highest BCUT2D eigenvalue weighted by molar-refractivity contribution is 5.76. The van der Waals surface area contributed by atoms with Crippen LogP contribution in [0.5, 0.6) is 5.75 Å². The number of ether oxygens (including phenoxy) is 1. The molecule has 0 bridgehead atoms. The van der Waals surface area contributed by atoms with E-state index in [0.29, 0.717) is 25.1 Å².